The highest BCUT2D eigenvalue weighted by molar-refractivity contribution is 7.99. The maximum atomic E-state index is 12.8. The number of fused-ring (bicyclic) bond motifs is 2. The molecule has 0 aliphatic rings. The second kappa shape index (κ2) is 6.26. The summed E-state index contributed by atoms with van der Waals surface area (Å²) in [5, 5.41) is 19.0. The maximum absolute atomic E-state index is 12.8. The van der Waals surface area contributed by atoms with Gasteiger partial charge in [0.15, 0.2) is 5.65 Å². The van der Waals surface area contributed by atoms with Crippen LogP contribution in [0.5, 0.6) is 0 Å². The summed E-state index contributed by atoms with van der Waals surface area (Å²) >= 11 is 1.67. The van der Waals surface area contributed by atoms with Gasteiger partial charge in [-0.2, -0.15) is 5.21 Å². The monoisotopic (exact) mass is 370 g/mol. The van der Waals surface area contributed by atoms with E-state index in [1.165, 1.54) is 10.6 Å². The van der Waals surface area contributed by atoms with Crippen molar-refractivity contribution in [2.45, 2.75) is 24.0 Å². The molecule has 1 aromatic carbocycles. The molecule has 1 amide bonds. The average molecular weight is 370 g/mol. The first-order chi connectivity index (χ1) is 12.5. The number of nitrogens with one attached hydrogen (secondary N) is 3. The van der Waals surface area contributed by atoms with Gasteiger partial charge in [0.25, 0.3) is 17.4 Å². The molecule has 132 valence electrons. The fourth-order valence-corrected chi connectivity index (χ4v) is 3.39. The van der Waals surface area contributed by atoms with E-state index in [4.69, 9.17) is 0 Å². The summed E-state index contributed by atoms with van der Waals surface area (Å²) in [5.41, 5.74) is 0.818. The zero-order chi connectivity index (χ0) is 18.3. The van der Waals surface area contributed by atoms with Crippen molar-refractivity contribution < 1.29 is 4.79 Å². The number of aromatic amines is 2. The summed E-state index contributed by atoms with van der Waals surface area (Å²) in [6.07, 6.45) is 0. The second-order valence-electron chi connectivity index (χ2n) is 5.82. The highest BCUT2D eigenvalue weighted by Gasteiger charge is 2.15. The van der Waals surface area contributed by atoms with Crippen molar-refractivity contribution in [1.82, 2.24) is 35.2 Å². The third kappa shape index (κ3) is 2.92. The first-order valence-electron chi connectivity index (χ1n) is 7.78. The first kappa shape index (κ1) is 16.3. The predicted molar refractivity (Wildman–Crippen MR) is 96.4 cm³/mol. The van der Waals surface area contributed by atoms with Crippen LogP contribution < -0.4 is 10.9 Å². The van der Waals surface area contributed by atoms with Gasteiger partial charge in [0.2, 0.25) is 0 Å². The minimum absolute atomic E-state index is 0.0366. The molecule has 0 unspecified atom stereocenters. The van der Waals surface area contributed by atoms with Crippen molar-refractivity contribution in [2.24, 2.45) is 0 Å². The highest BCUT2D eigenvalue weighted by Crippen LogP contribution is 2.25. The number of hydrogen-bond donors (Lipinski definition) is 3. The van der Waals surface area contributed by atoms with Crippen molar-refractivity contribution in [2.75, 3.05) is 5.32 Å². The molecule has 0 fully saturated rings. The molecule has 26 heavy (non-hydrogen) atoms. The van der Waals surface area contributed by atoms with Gasteiger partial charge < -0.3 is 0 Å². The summed E-state index contributed by atoms with van der Waals surface area (Å²) in [5.74, 6) is -0.467. The molecule has 0 saturated heterocycles. The number of carbonyl (C=O) groups is 1. The number of nitrogens with zero attached hydrogens (tertiary/aromatic N) is 5. The molecule has 0 saturated carbocycles. The van der Waals surface area contributed by atoms with Crippen LogP contribution in [0.4, 0.5) is 5.95 Å². The van der Waals surface area contributed by atoms with Crippen molar-refractivity contribution in [3.8, 4) is 0 Å². The van der Waals surface area contributed by atoms with Crippen LogP contribution in [-0.2, 0) is 0 Å². The largest absolute Gasteiger partial charge is 0.286 e. The molecule has 10 nitrogen and oxygen atoms in total. The van der Waals surface area contributed by atoms with E-state index in [2.05, 4.69) is 49.9 Å². The molecular formula is C15H14N8O2S. The van der Waals surface area contributed by atoms with Crippen LogP contribution in [-0.4, -0.2) is 46.4 Å². The summed E-state index contributed by atoms with van der Waals surface area (Å²) in [6, 6.07) is 7.06. The van der Waals surface area contributed by atoms with Crippen LogP contribution in [0.3, 0.4) is 0 Å². The van der Waals surface area contributed by atoms with Crippen LogP contribution in [0.2, 0.25) is 0 Å². The zero-order valence-corrected chi connectivity index (χ0v) is 14.7. The van der Waals surface area contributed by atoms with Crippen LogP contribution in [0, 0.1) is 0 Å². The number of carbonyl (C=O) groups excluding carboxylic acids is 1. The van der Waals surface area contributed by atoms with Gasteiger partial charge in [-0.25, -0.2) is 9.50 Å². The van der Waals surface area contributed by atoms with E-state index in [-0.39, 0.29) is 17.2 Å². The number of aromatic nitrogens is 7. The van der Waals surface area contributed by atoms with Crippen LogP contribution in [0.25, 0.3) is 16.6 Å². The molecule has 0 aliphatic carbocycles. The Morgan fingerprint density at radius 1 is 1.31 bits per heavy atom. The number of thioether (sulfide) groups is 1. The van der Waals surface area contributed by atoms with Gasteiger partial charge in [-0.3, -0.25) is 20.0 Å². The SMILES string of the molecule is CC(C)Sc1ccc2nc3cc(C(=O)Nc4nn[nH]n4)[nH]n3c(=O)c2c1. The number of hydrogen-bond acceptors (Lipinski definition) is 7. The van der Waals surface area contributed by atoms with Crippen LogP contribution >= 0.6 is 11.8 Å². The molecule has 0 bridgehead atoms. The van der Waals surface area contributed by atoms with Crippen LogP contribution in [0.15, 0.2) is 34.0 Å². The van der Waals surface area contributed by atoms with E-state index in [1.54, 1.807) is 11.8 Å². The molecule has 4 aromatic rings. The molecule has 0 atom stereocenters. The van der Waals surface area contributed by atoms with Gasteiger partial charge in [-0.15, -0.1) is 16.9 Å². The Bertz CT molecular complexity index is 1160. The van der Waals surface area contributed by atoms with Gasteiger partial charge in [0, 0.05) is 16.2 Å². The molecule has 4 rings (SSSR count). The lowest BCUT2D eigenvalue weighted by Gasteiger charge is -2.05. The summed E-state index contributed by atoms with van der Waals surface area (Å²) in [7, 11) is 0. The quantitative estimate of drug-likeness (QED) is 0.463. The summed E-state index contributed by atoms with van der Waals surface area (Å²) in [4.78, 5) is 30.5. The summed E-state index contributed by atoms with van der Waals surface area (Å²) in [6.45, 7) is 4.17. The van der Waals surface area contributed by atoms with E-state index < -0.39 is 5.91 Å². The van der Waals surface area contributed by atoms with Crippen molar-refractivity contribution in [1.29, 1.82) is 0 Å². The van der Waals surface area contributed by atoms with E-state index in [9.17, 15) is 9.59 Å². The third-order valence-electron chi connectivity index (χ3n) is 3.56. The topological polar surface area (TPSA) is 134 Å². The molecule has 0 radical (unpaired) electrons. The minimum Gasteiger partial charge on any atom is -0.286 e. The van der Waals surface area contributed by atoms with Crippen molar-refractivity contribution >= 4 is 40.2 Å². The smallest absolute Gasteiger partial charge is 0.280 e. The molecule has 3 N–H and O–H groups in total. The Morgan fingerprint density at radius 2 is 2.15 bits per heavy atom. The maximum Gasteiger partial charge on any atom is 0.280 e. The van der Waals surface area contributed by atoms with Gasteiger partial charge in [0.1, 0.15) is 5.69 Å². The van der Waals surface area contributed by atoms with Crippen molar-refractivity contribution in [3.63, 3.8) is 0 Å². The predicted octanol–water partition coefficient (Wildman–Crippen LogP) is 1.44. The molecule has 0 aliphatic heterocycles. The lowest BCUT2D eigenvalue weighted by molar-refractivity contribution is 0.102. The lowest BCUT2D eigenvalue weighted by atomic mass is 10.2. The molecular weight excluding hydrogens is 356 g/mol. The van der Waals surface area contributed by atoms with Gasteiger partial charge in [-0.1, -0.05) is 18.9 Å². The van der Waals surface area contributed by atoms with Crippen LogP contribution in [0.1, 0.15) is 24.3 Å². The Balaban J connectivity index is 1.77. The fraction of sp³-hybridized carbons (Fsp3) is 0.200. The first-order valence-corrected chi connectivity index (χ1v) is 8.66. The number of anilines is 1. The second-order valence-corrected chi connectivity index (χ2v) is 7.47. The van der Waals surface area contributed by atoms with Crippen molar-refractivity contribution in [3.05, 3.63) is 40.3 Å². The molecule has 0 spiro atoms. The highest BCUT2D eigenvalue weighted by atomic mass is 32.2. The average Bonchev–Trinajstić information content (AvgIpc) is 3.24. The van der Waals surface area contributed by atoms with Gasteiger partial charge in [0.05, 0.1) is 10.9 Å². The Morgan fingerprint density at radius 3 is 2.88 bits per heavy atom. The Labute approximate surface area is 150 Å². The zero-order valence-electron chi connectivity index (χ0n) is 13.8. The van der Waals surface area contributed by atoms with E-state index in [0.717, 1.165) is 4.90 Å². The normalized spacial score (nSPS) is 11.5. The standard InChI is InChI=1S/C15H14N8O2S/c1-7(2)26-8-3-4-10-9(5-8)14(25)23-12(16-10)6-11(20-23)13(24)17-15-18-21-22-19-15/h3-7,20H,1-2H3,(H2,17,18,19,21,22,24). The van der Waals surface area contributed by atoms with Gasteiger partial charge >= 0.3 is 0 Å². The Kier molecular flexibility index (Phi) is 3.92. The number of tetrazole rings is 1. The number of benzene rings is 1. The van der Waals surface area contributed by atoms with E-state index in [0.29, 0.717) is 21.8 Å². The molecule has 11 heteroatoms. The number of rotatable bonds is 4. The number of amides is 1. The summed E-state index contributed by atoms with van der Waals surface area (Å²) < 4.78 is 1.25. The minimum atomic E-state index is -0.503. The molecule has 3 aromatic heterocycles. The molecule has 3 heterocycles. The number of H-pyrrole nitrogens is 2. The van der Waals surface area contributed by atoms with E-state index >= 15 is 0 Å². The van der Waals surface area contributed by atoms with Gasteiger partial charge in [-0.05, 0) is 23.4 Å². The fourth-order valence-electron chi connectivity index (χ4n) is 2.51. The third-order valence-corrected chi connectivity index (χ3v) is 4.56. The Hall–Kier alpha value is -3.21. The lowest BCUT2D eigenvalue weighted by Crippen LogP contribution is -2.17. The van der Waals surface area contributed by atoms with E-state index in [1.807, 2.05) is 18.2 Å².